The minimum atomic E-state index is -3.46. The van der Waals surface area contributed by atoms with E-state index in [1.165, 1.54) is 11.5 Å². The van der Waals surface area contributed by atoms with Gasteiger partial charge in [-0.3, -0.25) is 0 Å². The molecule has 0 bridgehead atoms. The van der Waals surface area contributed by atoms with Gasteiger partial charge in [0.2, 0.25) is 9.84 Å². The second kappa shape index (κ2) is 3.58. The van der Waals surface area contributed by atoms with Gasteiger partial charge in [0.1, 0.15) is 10.6 Å². The highest BCUT2D eigenvalue weighted by Crippen LogP contribution is 2.38. The fraction of sp³-hybridized carbons (Fsp3) is 0.333. The predicted molar refractivity (Wildman–Crippen MR) is 64.3 cm³/mol. The molecule has 0 spiro atoms. The van der Waals surface area contributed by atoms with E-state index in [-0.39, 0.29) is 10.6 Å². The lowest BCUT2D eigenvalue weighted by atomic mass is 10.1. The molecule has 0 aromatic heterocycles. The van der Waals surface area contributed by atoms with E-state index in [1.54, 1.807) is 12.1 Å². The molecule has 90 valence electrons. The van der Waals surface area contributed by atoms with Crippen molar-refractivity contribution in [3.8, 4) is 5.75 Å². The second-order valence-electron chi connectivity index (χ2n) is 4.50. The van der Waals surface area contributed by atoms with Crippen LogP contribution in [0, 0.1) is 0 Å². The number of phenols is 1. The van der Waals surface area contributed by atoms with Crippen LogP contribution in [0.25, 0.3) is 5.57 Å². The van der Waals surface area contributed by atoms with E-state index in [1.807, 2.05) is 0 Å². The molecule has 2 N–H and O–H groups in total. The van der Waals surface area contributed by atoms with Crippen LogP contribution in [0.3, 0.4) is 0 Å². The highest BCUT2D eigenvalue weighted by Gasteiger charge is 2.30. The van der Waals surface area contributed by atoms with Crippen LogP contribution >= 0.6 is 0 Å². The zero-order valence-electron chi connectivity index (χ0n) is 9.18. The summed E-state index contributed by atoms with van der Waals surface area (Å²) in [4.78, 5) is 0.0487. The minimum Gasteiger partial charge on any atom is -0.507 e. The zero-order valence-corrected chi connectivity index (χ0v) is 10.00. The van der Waals surface area contributed by atoms with E-state index in [0.29, 0.717) is 18.2 Å². The third kappa shape index (κ3) is 1.85. The van der Waals surface area contributed by atoms with E-state index >= 15 is 0 Å². The standard InChI is InChI=1S/C12H13NO3S/c14-11-3-1-2-10-8(6-13-9-4-5-9)7-17(15,16)12(10)11/h1-3,7,9,13-14H,4-6H2. The summed E-state index contributed by atoms with van der Waals surface area (Å²) >= 11 is 0. The number of aromatic hydroxyl groups is 1. The van der Waals surface area contributed by atoms with E-state index in [4.69, 9.17) is 0 Å². The van der Waals surface area contributed by atoms with Gasteiger partial charge in [-0.05, 0) is 24.5 Å². The van der Waals surface area contributed by atoms with Gasteiger partial charge >= 0.3 is 0 Å². The van der Waals surface area contributed by atoms with Gasteiger partial charge in [0.15, 0.2) is 0 Å². The van der Waals surface area contributed by atoms with Gasteiger partial charge in [-0.2, -0.15) is 0 Å². The molecule has 0 saturated heterocycles. The lowest BCUT2D eigenvalue weighted by molar-refractivity contribution is 0.459. The monoisotopic (exact) mass is 251 g/mol. The zero-order chi connectivity index (χ0) is 12.0. The molecule has 1 aromatic carbocycles. The summed E-state index contributed by atoms with van der Waals surface area (Å²) in [6, 6.07) is 5.33. The Balaban J connectivity index is 1.99. The summed E-state index contributed by atoms with van der Waals surface area (Å²) < 4.78 is 23.8. The Bertz CT molecular complexity index is 600. The molecule has 2 aliphatic rings. The summed E-state index contributed by atoms with van der Waals surface area (Å²) in [6.07, 6.45) is 2.32. The maximum Gasteiger partial charge on any atom is 0.204 e. The van der Waals surface area contributed by atoms with Crippen molar-refractivity contribution in [2.75, 3.05) is 6.54 Å². The average Bonchev–Trinajstić information content (AvgIpc) is 3.03. The number of hydrogen-bond donors (Lipinski definition) is 2. The van der Waals surface area contributed by atoms with Crippen molar-refractivity contribution >= 4 is 15.4 Å². The van der Waals surface area contributed by atoms with Crippen LogP contribution in [0.4, 0.5) is 0 Å². The third-order valence-corrected chi connectivity index (χ3v) is 4.67. The quantitative estimate of drug-likeness (QED) is 0.849. The molecule has 1 saturated carbocycles. The number of phenolic OH excluding ortho intramolecular Hbond substituents is 1. The van der Waals surface area contributed by atoms with E-state index < -0.39 is 9.84 Å². The Morgan fingerprint density at radius 1 is 1.35 bits per heavy atom. The average molecular weight is 251 g/mol. The summed E-state index contributed by atoms with van der Waals surface area (Å²) in [5.74, 6) is -0.167. The molecule has 1 heterocycles. The first-order chi connectivity index (χ1) is 8.08. The number of rotatable bonds is 3. The van der Waals surface area contributed by atoms with Gasteiger partial charge in [-0.15, -0.1) is 0 Å². The maximum atomic E-state index is 11.9. The van der Waals surface area contributed by atoms with E-state index in [9.17, 15) is 13.5 Å². The highest BCUT2D eigenvalue weighted by molar-refractivity contribution is 7.95. The number of benzene rings is 1. The lowest BCUT2D eigenvalue weighted by Gasteiger charge is -2.06. The maximum absolute atomic E-state index is 11.9. The molecule has 1 fully saturated rings. The van der Waals surface area contributed by atoms with E-state index in [2.05, 4.69) is 5.32 Å². The smallest absolute Gasteiger partial charge is 0.204 e. The van der Waals surface area contributed by atoms with Crippen molar-refractivity contribution in [1.82, 2.24) is 5.32 Å². The molecule has 17 heavy (non-hydrogen) atoms. The summed E-state index contributed by atoms with van der Waals surface area (Å²) in [5.41, 5.74) is 1.36. The number of nitrogens with one attached hydrogen (secondary N) is 1. The summed E-state index contributed by atoms with van der Waals surface area (Å²) in [6.45, 7) is 0.542. The van der Waals surface area contributed by atoms with Crippen LogP contribution in [0.15, 0.2) is 28.5 Å². The molecular weight excluding hydrogens is 238 g/mol. The predicted octanol–water partition coefficient (Wildman–Crippen LogP) is 1.27. The Labute approximate surface area is 99.9 Å². The molecule has 1 aliphatic heterocycles. The van der Waals surface area contributed by atoms with Crippen LogP contribution in [-0.2, 0) is 9.84 Å². The van der Waals surface area contributed by atoms with Crippen molar-refractivity contribution in [3.05, 3.63) is 29.2 Å². The SMILES string of the molecule is O=S1(=O)C=C(CNC2CC2)c2cccc(O)c21. The number of fused-ring (bicyclic) bond motifs is 1. The Morgan fingerprint density at radius 3 is 2.82 bits per heavy atom. The molecule has 1 aromatic rings. The van der Waals surface area contributed by atoms with Crippen molar-refractivity contribution in [1.29, 1.82) is 0 Å². The first-order valence-electron chi connectivity index (χ1n) is 5.59. The highest BCUT2D eigenvalue weighted by atomic mass is 32.2. The van der Waals surface area contributed by atoms with Gasteiger partial charge in [-0.25, -0.2) is 8.42 Å². The van der Waals surface area contributed by atoms with Gasteiger partial charge in [0.25, 0.3) is 0 Å². The fourth-order valence-electron chi connectivity index (χ4n) is 2.07. The minimum absolute atomic E-state index is 0.0487. The first kappa shape index (κ1) is 10.8. The number of hydrogen-bond acceptors (Lipinski definition) is 4. The molecule has 5 heteroatoms. The Hall–Kier alpha value is -1.33. The largest absolute Gasteiger partial charge is 0.507 e. The Kier molecular flexibility index (Phi) is 2.27. The van der Waals surface area contributed by atoms with Crippen LogP contribution < -0.4 is 5.32 Å². The topological polar surface area (TPSA) is 66.4 Å². The molecule has 1 aliphatic carbocycles. The van der Waals surface area contributed by atoms with Crippen molar-refractivity contribution < 1.29 is 13.5 Å². The van der Waals surface area contributed by atoms with Crippen LogP contribution in [-0.4, -0.2) is 26.1 Å². The first-order valence-corrected chi connectivity index (χ1v) is 7.14. The molecule has 4 nitrogen and oxygen atoms in total. The van der Waals surface area contributed by atoms with Crippen molar-refractivity contribution in [3.63, 3.8) is 0 Å². The second-order valence-corrected chi connectivity index (χ2v) is 6.23. The molecule has 0 radical (unpaired) electrons. The Morgan fingerprint density at radius 2 is 2.12 bits per heavy atom. The van der Waals surface area contributed by atoms with Gasteiger partial charge in [0, 0.05) is 23.6 Å². The van der Waals surface area contributed by atoms with Gasteiger partial charge in [-0.1, -0.05) is 12.1 Å². The normalized spacial score (nSPS) is 21.1. The molecular formula is C12H13NO3S. The number of sulfone groups is 1. The fourth-order valence-corrected chi connectivity index (χ4v) is 3.63. The summed E-state index contributed by atoms with van der Waals surface area (Å²) in [7, 11) is -3.46. The summed E-state index contributed by atoms with van der Waals surface area (Å²) in [5, 5.41) is 14.2. The van der Waals surface area contributed by atoms with Crippen molar-refractivity contribution in [2.45, 2.75) is 23.8 Å². The van der Waals surface area contributed by atoms with Crippen molar-refractivity contribution in [2.24, 2.45) is 0 Å². The lowest BCUT2D eigenvalue weighted by Crippen LogP contribution is -2.18. The molecule has 0 atom stereocenters. The van der Waals surface area contributed by atoms with Crippen LogP contribution in [0.1, 0.15) is 18.4 Å². The molecule has 0 unspecified atom stereocenters. The molecule has 3 rings (SSSR count). The third-order valence-electron chi connectivity index (χ3n) is 3.08. The van der Waals surface area contributed by atoms with Crippen LogP contribution in [0.5, 0.6) is 5.75 Å². The van der Waals surface area contributed by atoms with E-state index in [0.717, 1.165) is 18.4 Å². The van der Waals surface area contributed by atoms with Gasteiger partial charge < -0.3 is 10.4 Å². The molecule has 0 amide bonds. The van der Waals surface area contributed by atoms with Gasteiger partial charge in [0.05, 0.1) is 0 Å². The van der Waals surface area contributed by atoms with Crippen LogP contribution in [0.2, 0.25) is 0 Å².